The van der Waals surface area contributed by atoms with Crippen LogP contribution in [0.4, 0.5) is 5.00 Å². The summed E-state index contributed by atoms with van der Waals surface area (Å²) >= 11 is 1.12. The van der Waals surface area contributed by atoms with E-state index in [2.05, 4.69) is 10.6 Å². The number of rotatable bonds is 8. The Labute approximate surface area is 164 Å². The van der Waals surface area contributed by atoms with Crippen molar-refractivity contribution in [3.05, 3.63) is 46.8 Å². The lowest BCUT2D eigenvalue weighted by atomic mass is 10.2. The highest BCUT2D eigenvalue weighted by atomic mass is 32.1. The molecule has 1 atom stereocenters. The topological polar surface area (TPSA) is 137 Å². The van der Waals surface area contributed by atoms with Gasteiger partial charge in [0.05, 0.1) is 18.2 Å². The molecule has 28 heavy (non-hydrogen) atoms. The van der Waals surface area contributed by atoms with Crippen molar-refractivity contribution in [2.24, 2.45) is 5.73 Å². The molecule has 0 bridgehead atoms. The van der Waals surface area contributed by atoms with Gasteiger partial charge >= 0.3 is 5.97 Å². The first-order valence-corrected chi connectivity index (χ1v) is 9.00. The summed E-state index contributed by atoms with van der Waals surface area (Å²) in [5.74, 6) is -2.26. The van der Waals surface area contributed by atoms with Gasteiger partial charge < -0.3 is 25.8 Å². The number of esters is 1. The molecule has 0 aliphatic rings. The van der Waals surface area contributed by atoms with Crippen molar-refractivity contribution < 1.29 is 28.7 Å². The second kappa shape index (κ2) is 9.51. The molecule has 4 N–H and O–H groups in total. The highest BCUT2D eigenvalue weighted by molar-refractivity contribution is 7.14. The molecule has 0 aliphatic carbocycles. The summed E-state index contributed by atoms with van der Waals surface area (Å²) in [6.45, 7) is 0.937. The number of thiophene rings is 1. The Morgan fingerprint density at radius 1 is 1.14 bits per heavy atom. The number of primary amides is 1. The van der Waals surface area contributed by atoms with Crippen LogP contribution in [0.25, 0.3) is 0 Å². The molecule has 0 radical (unpaired) electrons. The minimum absolute atomic E-state index is 0.168. The van der Waals surface area contributed by atoms with Crippen LogP contribution in [0.5, 0.6) is 5.75 Å². The number of nitrogens with two attached hydrogens (primary N) is 1. The molecule has 0 unspecified atom stereocenters. The van der Waals surface area contributed by atoms with E-state index in [1.807, 2.05) is 0 Å². The van der Waals surface area contributed by atoms with Crippen molar-refractivity contribution in [1.29, 1.82) is 0 Å². The van der Waals surface area contributed by atoms with Gasteiger partial charge in [-0.1, -0.05) is 12.1 Å². The molecular weight excluding hydrogens is 386 g/mol. The number of carbonyl (C=O) groups excluding carboxylic acids is 4. The minimum atomic E-state index is -1.14. The number of hydrogen-bond donors (Lipinski definition) is 3. The second-order valence-electron chi connectivity index (χ2n) is 5.53. The van der Waals surface area contributed by atoms with Crippen LogP contribution in [-0.4, -0.2) is 43.4 Å². The Morgan fingerprint density at radius 3 is 2.54 bits per heavy atom. The van der Waals surface area contributed by atoms with Crippen LogP contribution in [-0.2, 0) is 14.3 Å². The van der Waals surface area contributed by atoms with Crippen LogP contribution in [0, 0.1) is 0 Å². The molecule has 0 fully saturated rings. The van der Waals surface area contributed by atoms with E-state index in [-0.39, 0.29) is 16.1 Å². The molecule has 0 saturated heterocycles. The number of anilines is 1. The monoisotopic (exact) mass is 405 g/mol. The van der Waals surface area contributed by atoms with Gasteiger partial charge in [0, 0.05) is 0 Å². The Morgan fingerprint density at radius 2 is 1.86 bits per heavy atom. The van der Waals surface area contributed by atoms with E-state index in [0.717, 1.165) is 11.3 Å². The lowest BCUT2D eigenvalue weighted by Gasteiger charge is -2.14. The molecule has 0 aliphatic heterocycles. The number of ether oxygens (including phenoxy) is 2. The van der Waals surface area contributed by atoms with Crippen molar-refractivity contribution in [3.8, 4) is 5.75 Å². The van der Waals surface area contributed by atoms with Gasteiger partial charge in [0.25, 0.3) is 17.7 Å². The number of hydrogen-bond acceptors (Lipinski definition) is 7. The number of benzene rings is 1. The average molecular weight is 405 g/mol. The minimum Gasteiger partial charge on any atom is -0.496 e. The number of nitrogens with one attached hydrogen (secondary N) is 2. The van der Waals surface area contributed by atoms with Gasteiger partial charge in [-0.25, -0.2) is 0 Å². The number of carbonyl (C=O) groups is 4. The maximum atomic E-state index is 12.1. The summed E-state index contributed by atoms with van der Waals surface area (Å²) in [7, 11) is 1.43. The Balaban J connectivity index is 1.86. The summed E-state index contributed by atoms with van der Waals surface area (Å²) in [6, 6.07) is 8.01. The van der Waals surface area contributed by atoms with E-state index in [1.165, 1.54) is 20.1 Å². The zero-order chi connectivity index (χ0) is 20.7. The first-order valence-electron chi connectivity index (χ1n) is 8.12. The zero-order valence-corrected chi connectivity index (χ0v) is 16.0. The van der Waals surface area contributed by atoms with E-state index in [4.69, 9.17) is 15.2 Å². The lowest BCUT2D eigenvalue weighted by molar-refractivity contribution is -0.152. The average Bonchev–Trinajstić information content (AvgIpc) is 3.14. The van der Waals surface area contributed by atoms with Gasteiger partial charge in [0.1, 0.15) is 17.3 Å². The van der Waals surface area contributed by atoms with Crippen molar-refractivity contribution in [3.63, 3.8) is 0 Å². The van der Waals surface area contributed by atoms with Crippen molar-refractivity contribution >= 4 is 40.0 Å². The van der Waals surface area contributed by atoms with Gasteiger partial charge in [-0.15, -0.1) is 11.3 Å². The van der Waals surface area contributed by atoms with Gasteiger partial charge in [-0.3, -0.25) is 19.2 Å². The number of methoxy groups -OCH3 is 1. The van der Waals surface area contributed by atoms with Crippen molar-refractivity contribution in [2.45, 2.75) is 13.0 Å². The van der Waals surface area contributed by atoms with Gasteiger partial charge in [0.2, 0.25) is 0 Å². The normalized spacial score (nSPS) is 11.2. The van der Waals surface area contributed by atoms with E-state index in [1.54, 1.807) is 29.6 Å². The summed E-state index contributed by atoms with van der Waals surface area (Å²) in [5.41, 5.74) is 5.64. The highest BCUT2D eigenvalue weighted by Crippen LogP contribution is 2.23. The van der Waals surface area contributed by atoms with Crippen molar-refractivity contribution in [1.82, 2.24) is 5.32 Å². The van der Waals surface area contributed by atoms with Crippen LogP contribution in [0.15, 0.2) is 35.7 Å². The Hall–Kier alpha value is -3.40. The third-order valence-corrected chi connectivity index (χ3v) is 4.42. The molecule has 1 aromatic heterocycles. The molecule has 2 rings (SSSR count). The standard InChI is InChI=1S/C18H19N3O6S/c1-10(16(24)21-18-12(15(19)23)7-8-28-18)27-14(22)9-20-17(25)11-5-3-4-6-13(11)26-2/h3-8,10H,9H2,1-2H3,(H2,19,23)(H,20,25)(H,21,24)/t10-/m1/s1. The van der Waals surface area contributed by atoms with Crippen LogP contribution < -0.4 is 21.1 Å². The van der Waals surface area contributed by atoms with Crippen LogP contribution in [0.1, 0.15) is 27.6 Å². The van der Waals surface area contributed by atoms with E-state index < -0.39 is 36.3 Å². The predicted octanol–water partition coefficient (Wildman–Crippen LogP) is 1.16. The summed E-state index contributed by atoms with van der Waals surface area (Å²) in [4.78, 5) is 47.4. The summed E-state index contributed by atoms with van der Waals surface area (Å²) < 4.78 is 10.1. The molecule has 2 aromatic rings. The fourth-order valence-electron chi connectivity index (χ4n) is 2.19. The molecule has 9 nitrogen and oxygen atoms in total. The first-order chi connectivity index (χ1) is 13.3. The van der Waals surface area contributed by atoms with Crippen LogP contribution in [0.2, 0.25) is 0 Å². The molecule has 10 heteroatoms. The number of amides is 3. The fraction of sp³-hybridized carbons (Fsp3) is 0.222. The SMILES string of the molecule is COc1ccccc1C(=O)NCC(=O)O[C@H](C)C(=O)Nc1sccc1C(N)=O. The third-order valence-electron chi connectivity index (χ3n) is 3.59. The predicted molar refractivity (Wildman–Crippen MR) is 102 cm³/mol. The van der Waals surface area contributed by atoms with Gasteiger partial charge in [-0.05, 0) is 30.5 Å². The molecule has 3 amide bonds. The summed E-state index contributed by atoms with van der Waals surface area (Å²) in [6.07, 6.45) is -1.14. The summed E-state index contributed by atoms with van der Waals surface area (Å²) in [5, 5.41) is 6.75. The van der Waals surface area contributed by atoms with E-state index >= 15 is 0 Å². The second-order valence-corrected chi connectivity index (χ2v) is 6.45. The molecule has 148 valence electrons. The van der Waals surface area contributed by atoms with Crippen molar-refractivity contribution in [2.75, 3.05) is 19.0 Å². The van der Waals surface area contributed by atoms with E-state index in [0.29, 0.717) is 5.75 Å². The number of para-hydroxylation sites is 1. The molecule has 0 saturated carbocycles. The third kappa shape index (κ3) is 5.30. The van der Waals surface area contributed by atoms with Crippen LogP contribution in [0.3, 0.4) is 0 Å². The lowest BCUT2D eigenvalue weighted by Crippen LogP contribution is -2.36. The maximum Gasteiger partial charge on any atom is 0.326 e. The highest BCUT2D eigenvalue weighted by Gasteiger charge is 2.21. The first kappa shape index (κ1) is 20.9. The molecule has 1 aromatic carbocycles. The van der Waals surface area contributed by atoms with E-state index in [9.17, 15) is 19.2 Å². The smallest absolute Gasteiger partial charge is 0.326 e. The molecule has 0 spiro atoms. The zero-order valence-electron chi connectivity index (χ0n) is 15.2. The maximum absolute atomic E-state index is 12.1. The largest absolute Gasteiger partial charge is 0.496 e. The Bertz CT molecular complexity index is 895. The van der Waals surface area contributed by atoms with Gasteiger partial charge in [0.15, 0.2) is 6.10 Å². The van der Waals surface area contributed by atoms with Gasteiger partial charge in [-0.2, -0.15) is 0 Å². The quantitative estimate of drug-likeness (QED) is 0.564. The van der Waals surface area contributed by atoms with Crippen LogP contribution >= 0.6 is 11.3 Å². The molecule has 1 heterocycles. The molecular formula is C18H19N3O6S. The Kier molecular flexibility index (Phi) is 7.10. The fourth-order valence-corrected chi connectivity index (χ4v) is 2.98.